The molecule has 2 aliphatic heterocycles. The van der Waals surface area contributed by atoms with Crippen molar-refractivity contribution < 1.29 is 0 Å². The second kappa shape index (κ2) is 2.43. The second-order valence-electron chi connectivity index (χ2n) is 2.51. The first kappa shape index (κ1) is 5.94. The molecule has 0 radical (unpaired) electrons. The van der Waals surface area contributed by atoms with Gasteiger partial charge in [0.15, 0.2) is 5.84 Å². The lowest BCUT2D eigenvalue weighted by atomic mass is 10.2. The average molecular weight is 141 g/mol. The molecule has 5 heteroatoms. The fraction of sp³-hybridized carbons (Fsp3) is 0.800. The molecule has 4 N–H and O–H groups in total. The minimum atomic E-state index is 0.419. The Kier molecular flexibility index (Phi) is 1.44. The molecule has 0 bridgehead atoms. The molecular formula is C5H11N5. The van der Waals surface area contributed by atoms with Crippen LogP contribution in [0.2, 0.25) is 0 Å². The third-order valence-electron chi connectivity index (χ3n) is 1.81. The highest BCUT2D eigenvalue weighted by molar-refractivity contribution is 5.87. The molecule has 1 saturated heterocycles. The van der Waals surface area contributed by atoms with Crippen molar-refractivity contribution in [3.05, 3.63) is 0 Å². The predicted molar refractivity (Wildman–Crippen MR) is 37.9 cm³/mol. The Bertz CT molecular complexity index is 148. The number of hydrazone groups is 1. The van der Waals surface area contributed by atoms with Gasteiger partial charge in [-0.1, -0.05) is 0 Å². The third-order valence-corrected chi connectivity index (χ3v) is 1.81. The standard InChI is InChI=1S/C5H11N5/c1-2-4(6-3-1)5-7-9-10-8-5/h4,6,9-10H,1-3H2,(H,7,8). The second-order valence-corrected chi connectivity index (χ2v) is 2.51. The lowest BCUT2D eigenvalue weighted by Crippen LogP contribution is -2.43. The highest BCUT2D eigenvalue weighted by Crippen LogP contribution is 2.05. The number of nitrogens with zero attached hydrogens (tertiary/aromatic N) is 1. The topological polar surface area (TPSA) is 60.5 Å². The van der Waals surface area contributed by atoms with E-state index in [0.717, 1.165) is 12.4 Å². The molecule has 1 unspecified atom stereocenters. The molecular weight excluding hydrogens is 130 g/mol. The average Bonchev–Trinajstić information content (AvgIpc) is 2.59. The molecule has 0 spiro atoms. The molecule has 0 saturated carbocycles. The molecule has 56 valence electrons. The van der Waals surface area contributed by atoms with Crippen molar-refractivity contribution in [2.45, 2.75) is 18.9 Å². The minimum absolute atomic E-state index is 0.419. The van der Waals surface area contributed by atoms with Crippen LogP contribution in [0.3, 0.4) is 0 Å². The zero-order valence-electron chi connectivity index (χ0n) is 5.65. The van der Waals surface area contributed by atoms with Crippen molar-refractivity contribution in [2.75, 3.05) is 6.54 Å². The van der Waals surface area contributed by atoms with Crippen LogP contribution in [0.25, 0.3) is 0 Å². The van der Waals surface area contributed by atoms with Crippen LogP contribution >= 0.6 is 0 Å². The van der Waals surface area contributed by atoms with Crippen molar-refractivity contribution in [1.29, 1.82) is 0 Å². The normalized spacial score (nSPS) is 31.2. The Labute approximate surface area is 59.2 Å². The Morgan fingerprint density at radius 2 is 2.50 bits per heavy atom. The van der Waals surface area contributed by atoms with E-state index in [2.05, 4.69) is 26.9 Å². The molecule has 2 aliphatic rings. The van der Waals surface area contributed by atoms with Gasteiger partial charge in [-0.2, -0.15) is 0 Å². The Morgan fingerprint density at radius 1 is 1.50 bits per heavy atom. The SMILES string of the molecule is C1CNC(C2=NNNN2)C1. The number of hydrazine groups is 2. The largest absolute Gasteiger partial charge is 0.307 e. The third kappa shape index (κ3) is 0.932. The van der Waals surface area contributed by atoms with Crippen molar-refractivity contribution in [3.63, 3.8) is 0 Å². The predicted octanol–water partition coefficient (Wildman–Crippen LogP) is -1.34. The summed E-state index contributed by atoms with van der Waals surface area (Å²) in [5, 5.41) is 7.32. The molecule has 1 fully saturated rings. The summed E-state index contributed by atoms with van der Waals surface area (Å²) in [6.45, 7) is 1.10. The Balaban J connectivity index is 1.97. The molecule has 10 heavy (non-hydrogen) atoms. The van der Waals surface area contributed by atoms with Crippen molar-refractivity contribution in [3.8, 4) is 0 Å². The van der Waals surface area contributed by atoms with Crippen LogP contribution < -0.4 is 21.8 Å². The first-order valence-corrected chi connectivity index (χ1v) is 3.54. The maximum Gasteiger partial charge on any atom is 0.156 e. The Morgan fingerprint density at radius 3 is 3.10 bits per heavy atom. The molecule has 1 atom stereocenters. The Hall–Kier alpha value is -0.810. The van der Waals surface area contributed by atoms with E-state index in [0.29, 0.717) is 6.04 Å². The number of hydrogen-bond acceptors (Lipinski definition) is 5. The van der Waals surface area contributed by atoms with Crippen molar-refractivity contribution >= 4 is 5.84 Å². The van der Waals surface area contributed by atoms with Gasteiger partial charge in [0.05, 0.1) is 6.04 Å². The van der Waals surface area contributed by atoms with E-state index in [1.807, 2.05) is 0 Å². The summed E-state index contributed by atoms with van der Waals surface area (Å²) in [6, 6.07) is 0.419. The van der Waals surface area contributed by atoms with E-state index in [4.69, 9.17) is 0 Å². The van der Waals surface area contributed by atoms with Gasteiger partial charge >= 0.3 is 0 Å². The summed E-state index contributed by atoms with van der Waals surface area (Å²) < 4.78 is 0. The highest BCUT2D eigenvalue weighted by Gasteiger charge is 2.21. The van der Waals surface area contributed by atoms with Gasteiger partial charge in [0.1, 0.15) is 0 Å². The lowest BCUT2D eigenvalue weighted by Gasteiger charge is -2.07. The fourth-order valence-corrected chi connectivity index (χ4v) is 1.29. The summed E-state index contributed by atoms with van der Waals surface area (Å²) in [4.78, 5) is 0. The van der Waals surface area contributed by atoms with Gasteiger partial charge in [0, 0.05) is 0 Å². The molecule has 0 amide bonds. The summed E-state index contributed by atoms with van der Waals surface area (Å²) >= 11 is 0. The minimum Gasteiger partial charge on any atom is -0.307 e. The molecule has 2 heterocycles. The molecule has 0 aliphatic carbocycles. The smallest absolute Gasteiger partial charge is 0.156 e. The zero-order chi connectivity index (χ0) is 6.81. The number of amidine groups is 1. The van der Waals surface area contributed by atoms with Gasteiger partial charge in [-0.3, -0.25) is 5.43 Å². The highest BCUT2D eigenvalue weighted by atomic mass is 15.8. The summed E-state index contributed by atoms with van der Waals surface area (Å²) in [5.41, 5.74) is 8.27. The first-order valence-electron chi connectivity index (χ1n) is 3.54. The number of nitrogens with one attached hydrogen (secondary N) is 4. The van der Waals surface area contributed by atoms with Crippen LogP contribution in [0.15, 0.2) is 5.10 Å². The van der Waals surface area contributed by atoms with Crippen molar-refractivity contribution in [2.24, 2.45) is 5.10 Å². The molecule has 0 aromatic heterocycles. The first-order chi connectivity index (χ1) is 4.97. The summed E-state index contributed by atoms with van der Waals surface area (Å²) in [5.74, 6) is 0.970. The monoisotopic (exact) mass is 141 g/mol. The quantitative estimate of drug-likeness (QED) is 0.365. The van der Waals surface area contributed by atoms with Gasteiger partial charge < -0.3 is 5.32 Å². The van der Waals surface area contributed by atoms with Gasteiger partial charge in [-0.25, -0.2) is 5.53 Å². The van der Waals surface area contributed by atoms with Crippen LogP contribution in [0.1, 0.15) is 12.8 Å². The van der Waals surface area contributed by atoms with E-state index in [1.54, 1.807) is 0 Å². The maximum atomic E-state index is 4.00. The number of rotatable bonds is 1. The van der Waals surface area contributed by atoms with Gasteiger partial charge in [0.2, 0.25) is 0 Å². The van der Waals surface area contributed by atoms with E-state index < -0.39 is 0 Å². The van der Waals surface area contributed by atoms with Crippen LogP contribution in [0.5, 0.6) is 0 Å². The van der Waals surface area contributed by atoms with Crippen LogP contribution in [-0.4, -0.2) is 18.4 Å². The van der Waals surface area contributed by atoms with E-state index in [1.165, 1.54) is 12.8 Å². The molecule has 0 aromatic carbocycles. The lowest BCUT2D eigenvalue weighted by molar-refractivity contribution is 0.573. The zero-order valence-corrected chi connectivity index (χ0v) is 5.65. The van der Waals surface area contributed by atoms with Crippen LogP contribution in [-0.2, 0) is 0 Å². The van der Waals surface area contributed by atoms with Gasteiger partial charge in [-0.15, -0.1) is 10.6 Å². The van der Waals surface area contributed by atoms with E-state index >= 15 is 0 Å². The van der Waals surface area contributed by atoms with Crippen molar-refractivity contribution in [1.82, 2.24) is 21.8 Å². The van der Waals surface area contributed by atoms with E-state index in [9.17, 15) is 0 Å². The van der Waals surface area contributed by atoms with E-state index in [-0.39, 0.29) is 0 Å². The van der Waals surface area contributed by atoms with Crippen LogP contribution in [0, 0.1) is 0 Å². The maximum absolute atomic E-state index is 4.00. The summed E-state index contributed by atoms with van der Waals surface area (Å²) in [6.07, 6.45) is 2.42. The molecule has 2 rings (SSSR count). The molecule has 5 nitrogen and oxygen atoms in total. The summed E-state index contributed by atoms with van der Waals surface area (Å²) in [7, 11) is 0. The van der Waals surface area contributed by atoms with Crippen LogP contribution in [0.4, 0.5) is 0 Å². The fourth-order valence-electron chi connectivity index (χ4n) is 1.29. The van der Waals surface area contributed by atoms with Gasteiger partial charge in [0.25, 0.3) is 0 Å². The van der Waals surface area contributed by atoms with Gasteiger partial charge in [-0.05, 0) is 19.4 Å². The molecule has 0 aromatic rings. The number of hydrogen-bond donors (Lipinski definition) is 4.